The fraction of sp³-hybridized carbons (Fsp3) is 0.273. The average Bonchev–Trinajstić information content (AvgIpc) is 2.64. The average molecular weight is 270 g/mol. The number of hydrogen-bond acceptors (Lipinski definition) is 2. The first kappa shape index (κ1) is 12.3. The molecule has 2 amide bonds. The van der Waals surface area contributed by atoms with E-state index in [2.05, 4.69) is 10.3 Å². The standard InChI is InChI=1S/C11H12ClN3OS/c1-15-5-6-17-11(15)14-10(16)13-9-4-2-3-8(12)7-9/h2-4,7H,5-6H2,1H3,(H,13,16)/b14-11-. The zero-order valence-corrected chi connectivity index (χ0v) is 10.9. The highest BCUT2D eigenvalue weighted by Crippen LogP contribution is 2.17. The van der Waals surface area contributed by atoms with Gasteiger partial charge in [0.2, 0.25) is 0 Å². The molecule has 17 heavy (non-hydrogen) atoms. The maximum absolute atomic E-state index is 11.6. The van der Waals surface area contributed by atoms with E-state index in [-0.39, 0.29) is 6.03 Å². The highest BCUT2D eigenvalue weighted by Gasteiger charge is 2.16. The van der Waals surface area contributed by atoms with Gasteiger partial charge in [-0.15, -0.1) is 0 Å². The molecule has 1 aromatic carbocycles. The molecule has 6 heteroatoms. The third-order valence-corrected chi connectivity index (χ3v) is 3.54. The lowest BCUT2D eigenvalue weighted by molar-refractivity contribution is 0.259. The van der Waals surface area contributed by atoms with Gasteiger partial charge in [-0.1, -0.05) is 29.4 Å². The molecule has 0 aromatic heterocycles. The molecule has 0 bridgehead atoms. The SMILES string of the molecule is CN1CCS/C1=N\C(=O)Nc1cccc(Cl)c1. The van der Waals surface area contributed by atoms with Crippen LogP contribution in [0.4, 0.5) is 10.5 Å². The summed E-state index contributed by atoms with van der Waals surface area (Å²) in [6, 6.07) is 6.62. The number of benzene rings is 1. The predicted molar refractivity (Wildman–Crippen MR) is 73.0 cm³/mol. The largest absolute Gasteiger partial charge is 0.353 e. The second-order valence-corrected chi connectivity index (χ2v) is 5.10. The molecule has 1 N–H and O–H groups in total. The Morgan fingerprint density at radius 2 is 2.41 bits per heavy atom. The second-order valence-electron chi connectivity index (χ2n) is 3.60. The molecule has 0 atom stereocenters. The molecule has 1 fully saturated rings. The number of anilines is 1. The van der Waals surface area contributed by atoms with Gasteiger partial charge in [-0.3, -0.25) is 0 Å². The Kier molecular flexibility index (Phi) is 3.91. The number of nitrogens with zero attached hydrogens (tertiary/aromatic N) is 2. The van der Waals surface area contributed by atoms with Crippen molar-refractivity contribution in [1.29, 1.82) is 0 Å². The molecule has 1 heterocycles. The van der Waals surface area contributed by atoms with Crippen LogP contribution in [-0.2, 0) is 0 Å². The van der Waals surface area contributed by atoms with Gasteiger partial charge in [-0.2, -0.15) is 4.99 Å². The summed E-state index contributed by atoms with van der Waals surface area (Å²) in [7, 11) is 1.92. The fourth-order valence-electron chi connectivity index (χ4n) is 1.40. The van der Waals surface area contributed by atoms with E-state index in [4.69, 9.17) is 11.6 Å². The van der Waals surface area contributed by atoms with E-state index in [0.29, 0.717) is 10.7 Å². The summed E-state index contributed by atoms with van der Waals surface area (Å²) in [5.41, 5.74) is 0.650. The van der Waals surface area contributed by atoms with Crippen molar-refractivity contribution in [3.8, 4) is 0 Å². The fourth-order valence-corrected chi connectivity index (χ4v) is 2.60. The van der Waals surface area contributed by atoms with Gasteiger partial charge in [0.1, 0.15) is 0 Å². The number of halogens is 1. The summed E-state index contributed by atoms with van der Waals surface area (Å²) < 4.78 is 0. The zero-order chi connectivity index (χ0) is 12.3. The summed E-state index contributed by atoms with van der Waals surface area (Å²) in [5, 5.41) is 4.02. The molecule has 1 saturated heterocycles. The number of urea groups is 1. The van der Waals surface area contributed by atoms with Crippen molar-refractivity contribution in [3.05, 3.63) is 29.3 Å². The number of carbonyl (C=O) groups is 1. The summed E-state index contributed by atoms with van der Waals surface area (Å²) in [4.78, 5) is 17.6. The molecule has 0 unspecified atom stereocenters. The lowest BCUT2D eigenvalue weighted by Crippen LogP contribution is -2.20. The Labute approximate surface area is 109 Å². The van der Waals surface area contributed by atoms with Gasteiger partial charge in [-0.25, -0.2) is 4.79 Å². The minimum Gasteiger partial charge on any atom is -0.353 e. The summed E-state index contributed by atoms with van der Waals surface area (Å²) in [6.45, 7) is 0.925. The number of rotatable bonds is 1. The lowest BCUT2D eigenvalue weighted by atomic mass is 10.3. The van der Waals surface area contributed by atoms with Crippen LogP contribution in [0.2, 0.25) is 5.02 Å². The molecule has 0 spiro atoms. The third kappa shape index (κ3) is 3.38. The van der Waals surface area contributed by atoms with E-state index in [0.717, 1.165) is 17.5 Å². The molecule has 0 aliphatic carbocycles. The molecule has 1 aromatic rings. The summed E-state index contributed by atoms with van der Waals surface area (Å²) >= 11 is 7.40. The molecular formula is C11H12ClN3OS. The van der Waals surface area contributed by atoms with Crippen molar-refractivity contribution in [2.75, 3.05) is 24.7 Å². The highest BCUT2D eigenvalue weighted by atomic mass is 35.5. The smallest absolute Gasteiger partial charge is 0.347 e. The predicted octanol–water partition coefficient (Wildman–Crippen LogP) is 2.91. The molecule has 0 saturated carbocycles. The van der Waals surface area contributed by atoms with Crippen molar-refractivity contribution >= 4 is 40.2 Å². The molecular weight excluding hydrogens is 258 g/mol. The minimum atomic E-state index is -0.372. The topological polar surface area (TPSA) is 44.7 Å². The van der Waals surface area contributed by atoms with Gasteiger partial charge < -0.3 is 10.2 Å². The molecule has 90 valence electrons. The van der Waals surface area contributed by atoms with Crippen molar-refractivity contribution in [2.45, 2.75) is 0 Å². The van der Waals surface area contributed by atoms with E-state index >= 15 is 0 Å². The Bertz CT molecular complexity index is 464. The lowest BCUT2D eigenvalue weighted by Gasteiger charge is -2.09. The molecule has 2 rings (SSSR count). The van der Waals surface area contributed by atoms with Crippen LogP contribution in [0.25, 0.3) is 0 Å². The van der Waals surface area contributed by atoms with Gasteiger partial charge in [0.05, 0.1) is 0 Å². The molecule has 1 aliphatic rings. The van der Waals surface area contributed by atoms with Gasteiger partial charge >= 0.3 is 6.03 Å². The number of amides is 2. The first-order chi connectivity index (χ1) is 8.15. The van der Waals surface area contributed by atoms with Crippen LogP contribution in [0.1, 0.15) is 0 Å². The monoisotopic (exact) mass is 269 g/mol. The van der Waals surface area contributed by atoms with Crippen molar-refractivity contribution < 1.29 is 4.79 Å². The van der Waals surface area contributed by atoms with E-state index < -0.39 is 0 Å². The van der Waals surface area contributed by atoms with Gasteiger partial charge in [0.15, 0.2) is 5.17 Å². The Balaban J connectivity index is 2.02. The van der Waals surface area contributed by atoms with E-state index in [1.165, 1.54) is 0 Å². The number of nitrogens with one attached hydrogen (secondary N) is 1. The third-order valence-electron chi connectivity index (χ3n) is 2.26. The van der Waals surface area contributed by atoms with Gasteiger partial charge in [-0.05, 0) is 18.2 Å². The van der Waals surface area contributed by atoms with Crippen LogP contribution in [0.3, 0.4) is 0 Å². The van der Waals surface area contributed by atoms with Gasteiger partial charge in [0.25, 0.3) is 0 Å². The normalized spacial score (nSPS) is 17.5. The number of aliphatic imine (C=N–C) groups is 1. The van der Waals surface area contributed by atoms with Crippen LogP contribution in [0.15, 0.2) is 29.3 Å². The number of hydrogen-bond donors (Lipinski definition) is 1. The first-order valence-corrected chi connectivity index (χ1v) is 6.51. The van der Waals surface area contributed by atoms with Crippen LogP contribution in [-0.4, -0.2) is 35.4 Å². The Hall–Kier alpha value is -1.20. The van der Waals surface area contributed by atoms with Crippen molar-refractivity contribution in [3.63, 3.8) is 0 Å². The van der Waals surface area contributed by atoms with Crippen molar-refractivity contribution in [2.24, 2.45) is 4.99 Å². The minimum absolute atomic E-state index is 0.372. The van der Waals surface area contributed by atoms with E-state index in [1.54, 1.807) is 36.0 Å². The number of amidine groups is 1. The number of carbonyl (C=O) groups excluding carboxylic acids is 1. The quantitative estimate of drug-likeness (QED) is 0.853. The van der Waals surface area contributed by atoms with Crippen LogP contribution < -0.4 is 5.32 Å². The maximum Gasteiger partial charge on any atom is 0.347 e. The molecule has 0 radical (unpaired) electrons. The van der Waals surface area contributed by atoms with E-state index in [1.807, 2.05) is 11.9 Å². The van der Waals surface area contributed by atoms with Crippen molar-refractivity contribution in [1.82, 2.24) is 4.90 Å². The highest BCUT2D eigenvalue weighted by molar-refractivity contribution is 8.14. The second kappa shape index (κ2) is 5.42. The Morgan fingerprint density at radius 3 is 3.06 bits per heavy atom. The van der Waals surface area contributed by atoms with Gasteiger partial charge in [0, 0.05) is 30.1 Å². The van der Waals surface area contributed by atoms with E-state index in [9.17, 15) is 4.79 Å². The van der Waals surface area contributed by atoms with Crippen LogP contribution in [0, 0.1) is 0 Å². The number of thioether (sulfide) groups is 1. The maximum atomic E-state index is 11.6. The molecule has 1 aliphatic heterocycles. The van der Waals surface area contributed by atoms with Crippen LogP contribution in [0.5, 0.6) is 0 Å². The Morgan fingerprint density at radius 1 is 1.59 bits per heavy atom. The molecule has 4 nitrogen and oxygen atoms in total. The first-order valence-electron chi connectivity index (χ1n) is 5.14. The zero-order valence-electron chi connectivity index (χ0n) is 9.31. The van der Waals surface area contributed by atoms with Crippen LogP contribution >= 0.6 is 23.4 Å². The summed E-state index contributed by atoms with van der Waals surface area (Å²) in [5.74, 6) is 0.972. The summed E-state index contributed by atoms with van der Waals surface area (Å²) in [6.07, 6.45) is 0.